The molecule has 0 bridgehead atoms. The molecule has 0 radical (unpaired) electrons. The Morgan fingerprint density at radius 2 is 0.846 bits per heavy atom. The number of anilines is 2. The quantitative estimate of drug-likeness (QED) is 0.127. The first-order chi connectivity index (χ1) is 24.9. The Hall–Kier alpha value is -5.06. The summed E-state index contributed by atoms with van der Waals surface area (Å²) in [6.07, 6.45) is 2.33. The summed E-state index contributed by atoms with van der Waals surface area (Å²) in [5.74, 6) is 1.58. The fourth-order valence-corrected chi connectivity index (χ4v) is 6.42. The molecule has 0 spiro atoms. The zero-order valence-electron chi connectivity index (χ0n) is 31.0. The summed E-state index contributed by atoms with van der Waals surface area (Å²) in [6.45, 7) is 13.4. The maximum atomic E-state index is 13.0. The highest BCUT2D eigenvalue weighted by atomic mass is 16.8. The third kappa shape index (κ3) is 8.35. The molecule has 10 nitrogen and oxygen atoms in total. The van der Waals surface area contributed by atoms with Crippen molar-refractivity contribution in [3.05, 3.63) is 120 Å². The van der Waals surface area contributed by atoms with Gasteiger partial charge in [-0.3, -0.25) is 9.80 Å². The largest absolute Gasteiger partial charge is 0.494 e. The predicted molar refractivity (Wildman–Crippen MR) is 202 cm³/mol. The lowest BCUT2D eigenvalue weighted by molar-refractivity contribution is -0.153. The Balaban J connectivity index is 0.950. The van der Waals surface area contributed by atoms with Crippen LogP contribution in [0.15, 0.2) is 109 Å². The monoisotopic (exact) mass is 706 g/mol. The van der Waals surface area contributed by atoms with E-state index in [1.807, 2.05) is 151 Å². The molecule has 2 fully saturated rings. The third-order valence-corrected chi connectivity index (χ3v) is 9.00. The molecule has 274 valence electrons. The van der Waals surface area contributed by atoms with Crippen LogP contribution in [-0.4, -0.2) is 46.6 Å². The number of ether oxygens (including phenoxy) is 2. The summed E-state index contributed by atoms with van der Waals surface area (Å²) in [5.41, 5.74) is 2.64. The Labute approximate surface area is 307 Å². The maximum Gasteiger partial charge on any atom is 0.435 e. The maximum absolute atomic E-state index is 13.0. The predicted octanol–water partition coefficient (Wildman–Crippen LogP) is 10.0. The number of carbonyl (C=O) groups excluding carboxylic acids is 2. The van der Waals surface area contributed by atoms with Gasteiger partial charge in [-0.2, -0.15) is 0 Å². The van der Waals surface area contributed by atoms with Crippen LogP contribution in [0.5, 0.6) is 11.5 Å². The molecule has 2 aliphatic heterocycles. The van der Waals surface area contributed by atoms with E-state index >= 15 is 0 Å². The van der Waals surface area contributed by atoms with Gasteiger partial charge in [-0.25, -0.2) is 9.59 Å². The van der Waals surface area contributed by atoms with E-state index in [1.54, 1.807) is 19.9 Å². The van der Waals surface area contributed by atoms with Crippen molar-refractivity contribution in [1.29, 1.82) is 0 Å². The minimum Gasteiger partial charge on any atom is -0.494 e. The first-order valence-electron chi connectivity index (χ1n) is 18.1. The van der Waals surface area contributed by atoms with Gasteiger partial charge in [0.1, 0.15) is 11.5 Å². The summed E-state index contributed by atoms with van der Waals surface area (Å²) in [7, 11) is 0. The fraction of sp³-hybridized carbons (Fsp3) is 0.381. The van der Waals surface area contributed by atoms with E-state index in [0.29, 0.717) is 13.2 Å². The Bertz CT molecular complexity index is 1640. The van der Waals surface area contributed by atoms with E-state index in [-0.39, 0.29) is 0 Å². The molecule has 2 amide bonds. The molecule has 0 aliphatic carbocycles. The average molecular weight is 707 g/mol. The molecule has 2 heterocycles. The van der Waals surface area contributed by atoms with Gasteiger partial charge in [0.25, 0.3) is 0 Å². The van der Waals surface area contributed by atoms with Gasteiger partial charge in [0.05, 0.1) is 24.3 Å². The second-order valence-corrected chi connectivity index (χ2v) is 15.1. The highest BCUT2D eigenvalue weighted by Gasteiger charge is 2.48. The van der Waals surface area contributed by atoms with Gasteiger partial charge >= 0.3 is 12.2 Å². The van der Waals surface area contributed by atoms with Crippen LogP contribution in [0.4, 0.5) is 21.0 Å². The van der Waals surface area contributed by atoms with Crippen molar-refractivity contribution in [2.24, 2.45) is 0 Å². The number of rotatable bonds is 13. The van der Waals surface area contributed by atoms with E-state index in [2.05, 4.69) is 0 Å². The second kappa shape index (κ2) is 15.7. The van der Waals surface area contributed by atoms with Crippen LogP contribution in [0, 0.1) is 0 Å². The van der Waals surface area contributed by atoms with Crippen molar-refractivity contribution in [3.8, 4) is 11.5 Å². The van der Waals surface area contributed by atoms with Crippen LogP contribution in [-0.2, 0) is 9.68 Å². The number of unbranched alkanes of at least 4 members (excludes halogenated alkanes) is 3. The Kier molecular flexibility index (Phi) is 11.1. The zero-order valence-corrected chi connectivity index (χ0v) is 31.0. The van der Waals surface area contributed by atoms with Crippen LogP contribution in [0.2, 0.25) is 0 Å². The van der Waals surface area contributed by atoms with E-state index in [9.17, 15) is 9.59 Å². The molecule has 0 saturated carbocycles. The lowest BCUT2D eigenvalue weighted by atomic mass is 10.0. The van der Waals surface area contributed by atoms with Crippen LogP contribution < -0.4 is 19.3 Å². The van der Waals surface area contributed by atoms with Crippen molar-refractivity contribution < 1.29 is 28.7 Å². The SMILES string of the molecule is CC(C)(C)N1OC(=O)N(c2ccccc2)C1c1ccc(OCCCCCCOc2ccc(C3N(c4ccccc4)C(=O)ON3C(C)(C)C)cc2)cc1. The first kappa shape index (κ1) is 36.7. The molecule has 2 aliphatic rings. The molecular formula is C42H50N4O6. The number of amides is 2. The topological polar surface area (TPSA) is 84.0 Å². The van der Waals surface area contributed by atoms with Gasteiger partial charge < -0.3 is 19.1 Å². The summed E-state index contributed by atoms with van der Waals surface area (Å²) in [6, 6.07) is 35.0. The number of benzene rings is 4. The standard InChI is InChI=1S/C42H50N4O6/c1-41(2,3)45-37(43(39(47)51-45)33-17-11-9-12-18-33)31-21-25-35(26-22-31)49-29-15-7-8-16-30-50-36-27-23-32(24-28-36)38-44(34-19-13-10-14-20-34)40(48)52-46(38)42(4,5)6/h9-14,17-28,37-38H,7-8,15-16,29-30H2,1-6H3. The fourth-order valence-electron chi connectivity index (χ4n) is 6.42. The molecule has 0 N–H and O–H groups in total. The van der Waals surface area contributed by atoms with Gasteiger partial charge in [-0.15, -0.1) is 10.1 Å². The smallest absolute Gasteiger partial charge is 0.435 e. The molecule has 4 aromatic carbocycles. The van der Waals surface area contributed by atoms with Crippen molar-refractivity contribution >= 4 is 23.6 Å². The normalized spacial score (nSPS) is 18.4. The Morgan fingerprint density at radius 3 is 1.17 bits per heavy atom. The third-order valence-electron chi connectivity index (χ3n) is 9.00. The molecule has 2 atom stereocenters. The molecule has 0 aromatic heterocycles. The molecule has 2 unspecified atom stereocenters. The van der Waals surface area contributed by atoms with Gasteiger partial charge in [0.15, 0.2) is 12.3 Å². The summed E-state index contributed by atoms with van der Waals surface area (Å²) < 4.78 is 12.1. The minimum atomic E-state index is -0.402. The lowest BCUT2D eigenvalue weighted by Gasteiger charge is -2.34. The van der Waals surface area contributed by atoms with Gasteiger partial charge in [0, 0.05) is 11.4 Å². The van der Waals surface area contributed by atoms with Crippen LogP contribution in [0.25, 0.3) is 0 Å². The molecular weight excluding hydrogens is 656 g/mol. The zero-order chi connectivity index (χ0) is 36.9. The van der Waals surface area contributed by atoms with Crippen molar-refractivity contribution in [3.63, 3.8) is 0 Å². The number of hydrogen-bond acceptors (Lipinski definition) is 8. The molecule has 10 heteroatoms. The first-order valence-corrected chi connectivity index (χ1v) is 18.1. The molecule has 2 saturated heterocycles. The number of carbonyl (C=O) groups is 2. The van der Waals surface area contributed by atoms with Gasteiger partial charge in [-0.05, 0) is 127 Å². The van der Waals surface area contributed by atoms with Gasteiger partial charge in [-0.1, -0.05) is 60.7 Å². The average Bonchev–Trinajstić information content (AvgIpc) is 3.68. The van der Waals surface area contributed by atoms with Crippen molar-refractivity contribution in [1.82, 2.24) is 10.1 Å². The highest BCUT2D eigenvalue weighted by molar-refractivity contribution is 5.90. The minimum absolute atomic E-state index is 0.397. The van der Waals surface area contributed by atoms with E-state index in [0.717, 1.165) is 59.7 Å². The van der Waals surface area contributed by atoms with E-state index in [1.165, 1.54) is 0 Å². The molecule has 6 rings (SSSR count). The molecule has 52 heavy (non-hydrogen) atoms. The van der Waals surface area contributed by atoms with Crippen LogP contribution >= 0.6 is 0 Å². The number of nitrogens with zero attached hydrogens (tertiary/aromatic N) is 4. The summed E-state index contributed by atoms with van der Waals surface area (Å²) in [4.78, 5) is 40.9. The van der Waals surface area contributed by atoms with Gasteiger partial charge in [0.2, 0.25) is 0 Å². The van der Waals surface area contributed by atoms with Crippen molar-refractivity contribution in [2.45, 2.75) is 90.6 Å². The van der Waals surface area contributed by atoms with Crippen LogP contribution in [0.3, 0.4) is 0 Å². The van der Waals surface area contributed by atoms with E-state index in [4.69, 9.17) is 19.1 Å². The summed E-state index contributed by atoms with van der Waals surface area (Å²) in [5, 5.41) is 3.51. The van der Waals surface area contributed by atoms with E-state index < -0.39 is 35.6 Å². The van der Waals surface area contributed by atoms with Crippen molar-refractivity contribution in [2.75, 3.05) is 23.0 Å². The Morgan fingerprint density at radius 1 is 0.500 bits per heavy atom. The number of hydroxylamine groups is 4. The second-order valence-electron chi connectivity index (χ2n) is 15.1. The summed E-state index contributed by atoms with van der Waals surface area (Å²) >= 11 is 0. The molecule has 4 aromatic rings. The van der Waals surface area contributed by atoms with Crippen LogP contribution in [0.1, 0.15) is 90.7 Å². The lowest BCUT2D eigenvalue weighted by Crippen LogP contribution is -2.42. The highest BCUT2D eigenvalue weighted by Crippen LogP contribution is 2.42. The number of hydrogen-bond donors (Lipinski definition) is 0. The number of para-hydroxylation sites is 2.